The Hall–Kier alpha value is -2.67. The molecular weight excluding hydrogens is 793 g/mol. The highest BCUT2D eigenvalue weighted by atomic mass is 16.5. The molecule has 0 aromatic rings. The predicted octanol–water partition coefficient (Wildman–Crippen LogP) is 16.2. The number of unbranched alkanes of at least 4 members (excludes halogenated alkanes) is 24. The van der Waals surface area contributed by atoms with Crippen LogP contribution in [0.5, 0.6) is 0 Å². The van der Waals surface area contributed by atoms with Crippen molar-refractivity contribution in [2.24, 2.45) is 0 Å². The summed E-state index contributed by atoms with van der Waals surface area (Å²) in [4.78, 5) is 41.6. The molecule has 0 aliphatic rings. The number of esters is 2. The number of nitrogens with zero attached hydrogens (tertiary/aromatic N) is 1. The third kappa shape index (κ3) is 45.9. The van der Waals surface area contributed by atoms with Gasteiger partial charge in [-0.25, -0.2) is 4.79 Å². The van der Waals surface area contributed by atoms with Gasteiger partial charge in [-0.2, -0.15) is 0 Å². The number of hydrogen-bond donors (Lipinski definition) is 1. The topological polar surface area (TPSA) is 84.9 Å². The van der Waals surface area contributed by atoms with Crippen LogP contribution < -0.4 is 5.32 Å². The van der Waals surface area contributed by atoms with Gasteiger partial charge in [-0.1, -0.05) is 179 Å². The predicted molar refractivity (Wildman–Crippen MR) is 276 cm³/mol. The molecule has 0 rings (SSSR count). The van der Waals surface area contributed by atoms with Crippen LogP contribution in [0.2, 0.25) is 0 Å². The average Bonchev–Trinajstić information content (AvgIpc) is 3.28. The second-order valence-corrected chi connectivity index (χ2v) is 18.7. The fourth-order valence-electron chi connectivity index (χ4n) is 7.84. The first-order chi connectivity index (χ1) is 31.3. The summed E-state index contributed by atoms with van der Waals surface area (Å²) in [7, 11) is 3.97. The quantitative estimate of drug-likeness (QED) is 0.0372. The van der Waals surface area contributed by atoms with Crippen molar-refractivity contribution in [2.75, 3.05) is 27.2 Å². The Balaban J connectivity index is 4.84. The average molecular weight is 897 g/mol. The number of allylic oxidation sites excluding steroid dienone is 8. The number of carbonyl (C=O) groups excluding carboxylic acids is 3. The Morgan fingerprint density at radius 2 is 0.906 bits per heavy atom. The molecule has 0 radical (unpaired) electrons. The van der Waals surface area contributed by atoms with Gasteiger partial charge in [0.05, 0.1) is 6.61 Å². The van der Waals surface area contributed by atoms with Crippen molar-refractivity contribution in [3.05, 3.63) is 48.6 Å². The zero-order valence-corrected chi connectivity index (χ0v) is 42.8. The molecule has 0 saturated carbocycles. The molecule has 0 aromatic heterocycles. The first-order valence-electron chi connectivity index (χ1n) is 27.2. The number of amides is 1. The second-order valence-electron chi connectivity index (χ2n) is 18.7. The third-order valence-electron chi connectivity index (χ3n) is 12.0. The van der Waals surface area contributed by atoms with E-state index < -0.39 is 12.0 Å². The van der Waals surface area contributed by atoms with Crippen LogP contribution in [0, 0.1) is 0 Å². The van der Waals surface area contributed by atoms with Gasteiger partial charge >= 0.3 is 11.9 Å². The first kappa shape index (κ1) is 61.3. The van der Waals surface area contributed by atoms with Crippen molar-refractivity contribution in [3.8, 4) is 0 Å². The summed E-state index contributed by atoms with van der Waals surface area (Å²) >= 11 is 0. The van der Waals surface area contributed by atoms with Crippen LogP contribution in [0.3, 0.4) is 0 Å². The minimum atomic E-state index is -0.866. The first-order valence-corrected chi connectivity index (χ1v) is 27.2. The van der Waals surface area contributed by atoms with Crippen molar-refractivity contribution in [1.29, 1.82) is 0 Å². The Morgan fingerprint density at radius 3 is 1.41 bits per heavy atom. The van der Waals surface area contributed by atoms with Crippen molar-refractivity contribution < 1.29 is 23.9 Å². The van der Waals surface area contributed by atoms with Crippen LogP contribution in [0.25, 0.3) is 0 Å². The molecule has 64 heavy (non-hydrogen) atoms. The highest BCUT2D eigenvalue weighted by molar-refractivity contribution is 5.85. The van der Waals surface area contributed by atoms with Crippen LogP contribution in [-0.2, 0) is 23.9 Å². The molecule has 0 aliphatic carbocycles. The zero-order chi connectivity index (χ0) is 46.8. The van der Waals surface area contributed by atoms with Crippen molar-refractivity contribution in [2.45, 2.75) is 270 Å². The van der Waals surface area contributed by atoms with Gasteiger partial charge < -0.3 is 19.7 Å². The highest BCUT2D eigenvalue weighted by Gasteiger charge is 2.26. The Bertz CT molecular complexity index is 1160. The van der Waals surface area contributed by atoms with E-state index >= 15 is 0 Å². The lowest BCUT2D eigenvalue weighted by Crippen LogP contribution is -2.43. The monoisotopic (exact) mass is 897 g/mol. The van der Waals surface area contributed by atoms with Crippen LogP contribution in [0.15, 0.2) is 48.6 Å². The summed E-state index contributed by atoms with van der Waals surface area (Å²) in [5.41, 5.74) is 0. The van der Waals surface area contributed by atoms with Gasteiger partial charge in [-0.05, 0) is 136 Å². The summed E-state index contributed by atoms with van der Waals surface area (Å²) < 4.78 is 11.8. The number of ether oxygens (including phenoxy) is 2. The van der Waals surface area contributed by atoms with E-state index in [-0.39, 0.29) is 30.8 Å². The van der Waals surface area contributed by atoms with Crippen molar-refractivity contribution in [1.82, 2.24) is 10.2 Å². The standard InChI is InChI=1S/C57H104N2O5/c1-6-9-12-15-18-20-22-24-26-28-30-32-34-37-40-43-47-53(46-42-39-36-17-14-11-8-3)64-57(62)54(58-55(60)48-45-51-59(4)5)49-50-56(61)63-52-44-41-38-35-33-31-29-27-25-23-21-19-16-13-10-7-2/h18-21,25,27,36,39,53-54H,6-17,22-24,26,28-35,37-38,40-52H2,1-5H3,(H,58,60)/b20-18-,21-19-,27-25-,39-36-/t53?,54-/m0/s1. The van der Waals surface area contributed by atoms with E-state index in [4.69, 9.17) is 9.47 Å². The molecule has 0 saturated heterocycles. The molecule has 0 bridgehead atoms. The molecule has 0 spiro atoms. The van der Waals surface area contributed by atoms with Crippen molar-refractivity contribution >= 4 is 17.8 Å². The maximum atomic E-state index is 13.8. The van der Waals surface area contributed by atoms with E-state index in [0.29, 0.717) is 19.4 Å². The number of rotatable bonds is 48. The molecule has 7 heteroatoms. The summed E-state index contributed by atoms with van der Waals surface area (Å²) in [5.74, 6) is -0.931. The molecule has 0 heterocycles. The maximum absolute atomic E-state index is 13.8. The largest absolute Gasteiger partial charge is 0.466 e. The molecule has 1 amide bonds. The van der Waals surface area contributed by atoms with E-state index in [2.05, 4.69) is 74.7 Å². The highest BCUT2D eigenvalue weighted by Crippen LogP contribution is 2.18. The Labute approximate surface area is 396 Å². The normalized spacial score (nSPS) is 13.0. The summed E-state index contributed by atoms with van der Waals surface area (Å²) in [6.45, 7) is 7.91. The summed E-state index contributed by atoms with van der Waals surface area (Å²) in [5, 5.41) is 2.93. The smallest absolute Gasteiger partial charge is 0.328 e. The third-order valence-corrected chi connectivity index (χ3v) is 12.0. The zero-order valence-electron chi connectivity index (χ0n) is 42.8. The van der Waals surface area contributed by atoms with E-state index in [1.807, 2.05) is 19.0 Å². The molecule has 7 nitrogen and oxygen atoms in total. The number of hydrogen-bond acceptors (Lipinski definition) is 6. The van der Waals surface area contributed by atoms with Crippen molar-refractivity contribution in [3.63, 3.8) is 0 Å². The number of nitrogens with one attached hydrogen (secondary N) is 1. The minimum absolute atomic E-state index is 0.0707. The second kappa shape index (κ2) is 49.8. The van der Waals surface area contributed by atoms with Gasteiger partial charge in [-0.3, -0.25) is 9.59 Å². The fraction of sp³-hybridized carbons (Fsp3) is 0.807. The van der Waals surface area contributed by atoms with Gasteiger partial charge in [-0.15, -0.1) is 0 Å². The SMILES string of the molecule is CCCCC/C=C\C/C=C\CCCCCCCCOC(=O)CC[C@H](NC(=O)CCCN(C)C)C(=O)OC(CC/C=C\CCCCC)CCCCCCCCCCC/C=C\CCCCC. The van der Waals surface area contributed by atoms with Crippen LogP contribution in [-0.4, -0.2) is 62.1 Å². The van der Waals surface area contributed by atoms with Gasteiger partial charge in [0.15, 0.2) is 0 Å². The van der Waals surface area contributed by atoms with E-state index in [0.717, 1.165) is 77.2 Å². The molecule has 372 valence electrons. The lowest BCUT2D eigenvalue weighted by Gasteiger charge is -2.23. The fourth-order valence-corrected chi connectivity index (χ4v) is 7.84. The minimum Gasteiger partial charge on any atom is -0.466 e. The Morgan fingerprint density at radius 1 is 0.469 bits per heavy atom. The van der Waals surface area contributed by atoms with E-state index in [1.54, 1.807) is 0 Å². The van der Waals surface area contributed by atoms with Gasteiger partial charge in [0.25, 0.3) is 0 Å². The van der Waals surface area contributed by atoms with Gasteiger partial charge in [0.2, 0.25) is 5.91 Å². The maximum Gasteiger partial charge on any atom is 0.328 e. The molecular formula is C57H104N2O5. The molecule has 0 aromatic carbocycles. The van der Waals surface area contributed by atoms with E-state index in [9.17, 15) is 14.4 Å². The molecule has 2 atom stereocenters. The summed E-state index contributed by atoms with van der Waals surface area (Å²) in [6, 6.07) is -0.866. The van der Waals surface area contributed by atoms with E-state index in [1.165, 1.54) is 141 Å². The Kier molecular flexibility index (Phi) is 47.7. The lowest BCUT2D eigenvalue weighted by molar-refractivity contribution is -0.154. The lowest BCUT2D eigenvalue weighted by atomic mass is 10.0. The van der Waals surface area contributed by atoms with Crippen LogP contribution in [0.4, 0.5) is 0 Å². The summed E-state index contributed by atoms with van der Waals surface area (Å²) in [6.07, 6.45) is 58.3. The molecule has 1 N–H and O–H groups in total. The molecule has 0 fully saturated rings. The molecule has 1 unspecified atom stereocenters. The number of carbonyl (C=O) groups is 3. The van der Waals surface area contributed by atoms with Crippen LogP contribution >= 0.6 is 0 Å². The van der Waals surface area contributed by atoms with Gasteiger partial charge in [0.1, 0.15) is 12.1 Å². The van der Waals surface area contributed by atoms with Gasteiger partial charge in [0, 0.05) is 12.8 Å². The molecule has 0 aliphatic heterocycles. The van der Waals surface area contributed by atoms with Crippen LogP contribution in [0.1, 0.15) is 258 Å².